The van der Waals surface area contributed by atoms with E-state index in [0.29, 0.717) is 28.1 Å². The van der Waals surface area contributed by atoms with Crippen LogP contribution in [0.3, 0.4) is 0 Å². The van der Waals surface area contributed by atoms with Crippen molar-refractivity contribution in [2.45, 2.75) is 39.8 Å². The molecule has 192 valence electrons. The van der Waals surface area contributed by atoms with Gasteiger partial charge in [0, 0.05) is 16.6 Å². The molecule has 0 aliphatic heterocycles. The summed E-state index contributed by atoms with van der Waals surface area (Å²) in [4.78, 5) is 15.3. The Morgan fingerprint density at radius 2 is 1.78 bits per heavy atom. The van der Waals surface area contributed by atoms with Crippen molar-refractivity contribution in [1.82, 2.24) is 14.7 Å². The predicted octanol–water partition coefficient (Wildman–Crippen LogP) is 7.22. The second-order valence-corrected chi connectivity index (χ2v) is 9.18. The van der Waals surface area contributed by atoms with Crippen LogP contribution in [-0.2, 0) is 6.54 Å². The number of carbonyl (C=O) groups is 1. The normalized spacial score (nSPS) is 11.7. The van der Waals surface area contributed by atoms with Crippen molar-refractivity contribution in [1.29, 1.82) is 0 Å². The number of hydrogen-bond donors (Lipinski definition) is 0. The quantitative estimate of drug-likeness (QED) is 0.233. The molecule has 6 nitrogen and oxygen atoms in total. The van der Waals surface area contributed by atoms with E-state index in [4.69, 9.17) is 26.2 Å². The average molecular weight is 522 g/mol. The van der Waals surface area contributed by atoms with E-state index < -0.39 is 5.82 Å². The molecule has 1 heterocycles. The average Bonchev–Trinajstić information content (AvgIpc) is 3.21. The third kappa shape index (κ3) is 5.94. The smallest absolute Gasteiger partial charge is 0.254 e. The van der Waals surface area contributed by atoms with Gasteiger partial charge in [0.05, 0.1) is 30.6 Å². The van der Waals surface area contributed by atoms with Crippen LogP contribution in [0.15, 0.2) is 72.8 Å². The molecular formula is C29H29ClFN3O3. The van der Waals surface area contributed by atoms with E-state index in [1.807, 2.05) is 32.9 Å². The molecule has 0 aliphatic carbocycles. The lowest BCUT2D eigenvalue weighted by Crippen LogP contribution is -2.38. The summed E-state index contributed by atoms with van der Waals surface area (Å²) in [5.41, 5.74) is 2.44. The fraction of sp³-hybridized carbons (Fsp3) is 0.241. The predicted molar refractivity (Wildman–Crippen MR) is 142 cm³/mol. The monoisotopic (exact) mass is 521 g/mol. The minimum absolute atomic E-state index is 0.112. The van der Waals surface area contributed by atoms with Gasteiger partial charge in [0.1, 0.15) is 17.3 Å². The molecule has 0 unspecified atom stereocenters. The molecule has 0 saturated carbocycles. The highest BCUT2D eigenvalue weighted by Gasteiger charge is 2.27. The van der Waals surface area contributed by atoms with Crippen LogP contribution in [0.5, 0.6) is 17.4 Å². The lowest BCUT2D eigenvalue weighted by molar-refractivity contribution is 0.0669. The van der Waals surface area contributed by atoms with E-state index in [2.05, 4.69) is 0 Å². The highest BCUT2D eigenvalue weighted by molar-refractivity contribution is 6.30. The summed E-state index contributed by atoms with van der Waals surface area (Å²) in [5, 5.41) is 5.31. The number of ether oxygens (including phenoxy) is 2. The van der Waals surface area contributed by atoms with E-state index in [9.17, 15) is 9.18 Å². The molecule has 0 fully saturated rings. The molecule has 0 aliphatic rings. The largest absolute Gasteiger partial charge is 0.497 e. The molecule has 1 aromatic heterocycles. The van der Waals surface area contributed by atoms with E-state index in [0.717, 1.165) is 17.7 Å². The van der Waals surface area contributed by atoms with E-state index >= 15 is 0 Å². The standard InChI is InChI=1S/C29H29ClFN3O3/c1-5-19(2)33(28(35)21-8-6-10-23(31)16-21)18-27-20(3)32-34(24-11-7-9-22(30)17-24)29(27)37-26-14-12-25(36-4)13-15-26/h6-17,19H,5,18H2,1-4H3/t19-/m1/s1. The first-order valence-electron chi connectivity index (χ1n) is 12.0. The molecule has 3 aromatic carbocycles. The molecule has 0 N–H and O–H groups in total. The SMILES string of the molecule is CC[C@@H](C)N(Cc1c(C)nn(-c2cccc(Cl)c2)c1Oc1ccc(OC)cc1)C(=O)c1cccc(F)c1. The van der Waals surface area contributed by atoms with Gasteiger partial charge in [-0.3, -0.25) is 4.79 Å². The fourth-order valence-corrected chi connectivity index (χ4v) is 4.15. The second-order valence-electron chi connectivity index (χ2n) is 8.74. The topological polar surface area (TPSA) is 56.6 Å². The van der Waals surface area contributed by atoms with Crippen molar-refractivity contribution in [2.75, 3.05) is 7.11 Å². The Hall–Kier alpha value is -3.84. The van der Waals surface area contributed by atoms with Crippen LogP contribution in [0.4, 0.5) is 4.39 Å². The van der Waals surface area contributed by atoms with Crippen LogP contribution in [0, 0.1) is 12.7 Å². The zero-order valence-electron chi connectivity index (χ0n) is 21.2. The first-order valence-corrected chi connectivity index (χ1v) is 12.4. The number of benzene rings is 3. The highest BCUT2D eigenvalue weighted by Crippen LogP contribution is 2.33. The van der Waals surface area contributed by atoms with E-state index in [1.54, 1.807) is 59.2 Å². The van der Waals surface area contributed by atoms with Crippen molar-refractivity contribution in [3.05, 3.63) is 100 Å². The molecule has 1 atom stereocenters. The number of carbonyl (C=O) groups excluding carboxylic acids is 1. The third-order valence-electron chi connectivity index (χ3n) is 6.25. The van der Waals surface area contributed by atoms with Gasteiger partial charge in [-0.15, -0.1) is 0 Å². The number of nitrogens with zero attached hydrogens (tertiary/aromatic N) is 3. The maximum atomic E-state index is 13.9. The summed E-state index contributed by atoms with van der Waals surface area (Å²) >= 11 is 6.27. The second kappa shape index (κ2) is 11.5. The van der Waals surface area contributed by atoms with E-state index in [1.165, 1.54) is 18.2 Å². The molecule has 1 amide bonds. The molecule has 0 bridgehead atoms. The van der Waals surface area contributed by atoms with Crippen molar-refractivity contribution in [3.8, 4) is 23.1 Å². The van der Waals surface area contributed by atoms with Gasteiger partial charge in [0.25, 0.3) is 5.91 Å². The molecule has 37 heavy (non-hydrogen) atoms. The Balaban J connectivity index is 1.79. The Morgan fingerprint density at radius 3 is 2.43 bits per heavy atom. The van der Waals surface area contributed by atoms with E-state index in [-0.39, 0.29) is 24.1 Å². The summed E-state index contributed by atoms with van der Waals surface area (Å²) in [6.07, 6.45) is 0.719. The maximum Gasteiger partial charge on any atom is 0.254 e. The lowest BCUT2D eigenvalue weighted by atomic mass is 10.1. The molecular weight excluding hydrogens is 493 g/mol. The number of halogens is 2. The molecule has 8 heteroatoms. The van der Waals surface area contributed by atoms with Crippen LogP contribution in [0.25, 0.3) is 5.69 Å². The summed E-state index contributed by atoms with van der Waals surface area (Å²) in [6, 6.07) is 20.2. The van der Waals surface area contributed by atoms with Gasteiger partial charge in [0.2, 0.25) is 5.88 Å². The number of hydrogen-bond acceptors (Lipinski definition) is 4. The zero-order chi connectivity index (χ0) is 26.5. The maximum absolute atomic E-state index is 13.9. The first kappa shape index (κ1) is 26.2. The fourth-order valence-electron chi connectivity index (χ4n) is 3.97. The van der Waals surface area contributed by atoms with Crippen LogP contribution < -0.4 is 9.47 Å². The van der Waals surface area contributed by atoms with Crippen LogP contribution in [0.2, 0.25) is 5.02 Å². The Labute approximate surface area is 221 Å². The van der Waals surface area contributed by atoms with Gasteiger partial charge in [-0.25, -0.2) is 9.07 Å². The summed E-state index contributed by atoms with van der Waals surface area (Å²) in [6.45, 7) is 6.08. The summed E-state index contributed by atoms with van der Waals surface area (Å²) in [7, 11) is 1.60. The molecule has 0 radical (unpaired) electrons. The summed E-state index contributed by atoms with van der Waals surface area (Å²) in [5.74, 6) is 1.03. The third-order valence-corrected chi connectivity index (χ3v) is 6.48. The molecule has 4 rings (SSSR count). The molecule has 0 spiro atoms. The zero-order valence-corrected chi connectivity index (χ0v) is 22.0. The van der Waals surface area contributed by atoms with Crippen molar-refractivity contribution in [3.63, 3.8) is 0 Å². The Kier molecular flexibility index (Phi) is 8.14. The first-order chi connectivity index (χ1) is 17.8. The van der Waals surface area contributed by atoms with Crippen molar-refractivity contribution >= 4 is 17.5 Å². The number of methoxy groups -OCH3 is 1. The Morgan fingerprint density at radius 1 is 1.08 bits per heavy atom. The number of aromatic nitrogens is 2. The van der Waals surface area contributed by atoms with Gasteiger partial charge < -0.3 is 14.4 Å². The Bertz CT molecular complexity index is 1390. The van der Waals surface area contributed by atoms with Crippen LogP contribution in [-0.4, -0.2) is 33.7 Å². The number of amides is 1. The number of rotatable bonds is 9. The van der Waals surface area contributed by atoms with Gasteiger partial charge in [0.15, 0.2) is 0 Å². The minimum atomic E-state index is -0.455. The number of aryl methyl sites for hydroxylation is 1. The van der Waals surface area contributed by atoms with Crippen LogP contribution in [0.1, 0.15) is 41.9 Å². The van der Waals surface area contributed by atoms with Gasteiger partial charge in [-0.05, 0) is 80.9 Å². The van der Waals surface area contributed by atoms with Gasteiger partial charge in [-0.2, -0.15) is 5.10 Å². The minimum Gasteiger partial charge on any atom is -0.497 e. The summed E-state index contributed by atoms with van der Waals surface area (Å²) < 4.78 is 27.2. The highest BCUT2D eigenvalue weighted by atomic mass is 35.5. The van der Waals surface area contributed by atoms with Crippen molar-refractivity contribution in [2.24, 2.45) is 0 Å². The molecule has 4 aromatic rings. The van der Waals surface area contributed by atoms with Gasteiger partial charge in [-0.1, -0.05) is 30.7 Å². The molecule has 0 saturated heterocycles. The lowest BCUT2D eigenvalue weighted by Gasteiger charge is -2.29. The van der Waals surface area contributed by atoms with Crippen molar-refractivity contribution < 1.29 is 18.7 Å². The van der Waals surface area contributed by atoms with Gasteiger partial charge >= 0.3 is 0 Å². The van der Waals surface area contributed by atoms with Crippen LogP contribution >= 0.6 is 11.6 Å².